The summed E-state index contributed by atoms with van der Waals surface area (Å²) in [7, 11) is 4.36. The third-order valence-electron chi connectivity index (χ3n) is 7.50. The Balaban J connectivity index is 1.51. The van der Waals surface area contributed by atoms with Crippen LogP contribution < -0.4 is 31.9 Å². The molecule has 42 heavy (non-hydrogen) atoms. The summed E-state index contributed by atoms with van der Waals surface area (Å²) in [6.07, 6.45) is 0.397. The second-order valence-electron chi connectivity index (χ2n) is 10.2. The van der Waals surface area contributed by atoms with Crippen molar-refractivity contribution in [2.45, 2.75) is 25.9 Å². The van der Waals surface area contributed by atoms with E-state index in [-0.39, 0.29) is 34.9 Å². The molecule has 2 amide bonds. The van der Waals surface area contributed by atoms with Crippen LogP contribution in [-0.2, 0) is 25.4 Å². The number of pyridine rings is 1. The number of aromatic nitrogens is 3. The summed E-state index contributed by atoms with van der Waals surface area (Å²) in [5.41, 5.74) is 2.79. The molecule has 0 spiro atoms. The first-order chi connectivity index (χ1) is 20.2. The van der Waals surface area contributed by atoms with E-state index in [1.54, 1.807) is 25.2 Å². The van der Waals surface area contributed by atoms with Crippen LogP contribution in [0.4, 0.5) is 5.82 Å². The molecule has 1 atom stereocenters. The largest absolute Gasteiger partial charge is 0.481 e. The Morgan fingerprint density at radius 2 is 1.74 bits per heavy atom. The fraction of sp³-hybridized carbons (Fsp3) is 0.258. The maximum Gasteiger partial charge on any atom is 0.330 e. The highest BCUT2D eigenvalue weighted by Crippen LogP contribution is 2.32. The summed E-state index contributed by atoms with van der Waals surface area (Å²) >= 11 is 0. The van der Waals surface area contributed by atoms with Crippen LogP contribution >= 0.6 is 0 Å². The first kappa shape index (κ1) is 28.5. The van der Waals surface area contributed by atoms with Crippen LogP contribution in [0, 0.1) is 6.92 Å². The number of hydrogen-bond donors (Lipinski definition) is 3. The zero-order chi connectivity index (χ0) is 30.0. The Morgan fingerprint density at radius 3 is 2.43 bits per heavy atom. The number of hydrogen-bond acceptors (Lipinski definition) is 7. The highest BCUT2D eigenvalue weighted by molar-refractivity contribution is 6.08. The first-order valence-electron chi connectivity index (χ1n) is 13.5. The van der Waals surface area contributed by atoms with Gasteiger partial charge in [-0.3, -0.25) is 23.5 Å². The van der Waals surface area contributed by atoms with Gasteiger partial charge in [0.05, 0.1) is 12.8 Å². The number of ether oxygens (including phenoxy) is 1. The number of nitrogens with one attached hydrogen (secondary N) is 3. The molecule has 1 aliphatic rings. The van der Waals surface area contributed by atoms with Gasteiger partial charge in [-0.05, 0) is 35.7 Å². The van der Waals surface area contributed by atoms with Gasteiger partial charge >= 0.3 is 5.69 Å². The summed E-state index contributed by atoms with van der Waals surface area (Å²) in [5, 5.41) is 8.80. The monoisotopic (exact) mass is 568 g/mol. The maximum atomic E-state index is 13.8. The molecule has 1 fully saturated rings. The van der Waals surface area contributed by atoms with Crippen molar-refractivity contribution in [1.29, 1.82) is 0 Å². The van der Waals surface area contributed by atoms with Gasteiger partial charge in [0, 0.05) is 50.8 Å². The lowest BCUT2D eigenvalue weighted by Gasteiger charge is -2.19. The summed E-state index contributed by atoms with van der Waals surface area (Å²) in [4.78, 5) is 56.1. The second kappa shape index (κ2) is 11.8. The van der Waals surface area contributed by atoms with E-state index in [0.29, 0.717) is 25.1 Å². The van der Waals surface area contributed by atoms with E-state index in [9.17, 15) is 19.2 Å². The Labute approximate surface area is 242 Å². The zero-order valence-electron chi connectivity index (χ0n) is 23.9. The van der Waals surface area contributed by atoms with Crippen molar-refractivity contribution < 1.29 is 14.3 Å². The standard InChI is InChI=1S/C31H32N6O5/c1-18-22(19-9-6-5-7-10-19)11-8-12-23(18)27-26(30(40)37(3)31(41)36(27)2)28(39)34-24-14-13-20(29(35-24)42-4)16-32-21-15-25(38)33-17-21/h5-14,21,32H,15-17H2,1-4H3,(H,33,38)(H,34,35,39). The SMILES string of the molecule is COc1nc(NC(=O)c2c(-c3cccc(-c4ccccc4)c3C)n(C)c(=O)n(C)c2=O)ccc1CNC1CNC(=O)C1. The summed E-state index contributed by atoms with van der Waals surface area (Å²) in [6.45, 7) is 2.86. The Morgan fingerprint density at radius 1 is 1.00 bits per heavy atom. The molecule has 11 nitrogen and oxygen atoms in total. The minimum Gasteiger partial charge on any atom is -0.481 e. The normalized spacial score (nSPS) is 14.5. The predicted octanol–water partition coefficient (Wildman–Crippen LogP) is 2.36. The molecular weight excluding hydrogens is 536 g/mol. The van der Waals surface area contributed by atoms with Crippen LogP contribution in [0.3, 0.4) is 0 Å². The third-order valence-corrected chi connectivity index (χ3v) is 7.50. The lowest BCUT2D eigenvalue weighted by molar-refractivity contribution is -0.119. The number of benzene rings is 2. The minimum atomic E-state index is -0.720. The van der Waals surface area contributed by atoms with Crippen LogP contribution in [0.5, 0.6) is 5.88 Å². The van der Waals surface area contributed by atoms with E-state index in [1.807, 2.05) is 49.4 Å². The molecule has 11 heteroatoms. The van der Waals surface area contributed by atoms with Crippen molar-refractivity contribution in [1.82, 2.24) is 24.8 Å². The number of carbonyl (C=O) groups excluding carboxylic acids is 2. The molecular formula is C31H32N6O5. The van der Waals surface area contributed by atoms with Gasteiger partial charge in [-0.2, -0.15) is 4.98 Å². The summed E-state index contributed by atoms with van der Waals surface area (Å²) in [6, 6.07) is 18.7. The van der Waals surface area contributed by atoms with Gasteiger partial charge in [0.15, 0.2) is 0 Å². The number of rotatable bonds is 8. The molecule has 216 valence electrons. The van der Waals surface area contributed by atoms with Crippen molar-refractivity contribution in [3.63, 3.8) is 0 Å². The van der Waals surface area contributed by atoms with Gasteiger partial charge < -0.3 is 20.7 Å². The van der Waals surface area contributed by atoms with Crippen molar-refractivity contribution in [3.05, 3.63) is 98.2 Å². The summed E-state index contributed by atoms with van der Waals surface area (Å²) in [5.74, 6) is -0.240. The Hall–Kier alpha value is -5.03. The molecule has 1 aliphatic heterocycles. The van der Waals surface area contributed by atoms with E-state index in [0.717, 1.165) is 26.8 Å². The molecule has 4 aromatic rings. The molecule has 2 aromatic heterocycles. The average Bonchev–Trinajstić information content (AvgIpc) is 3.42. The lowest BCUT2D eigenvalue weighted by Crippen LogP contribution is -2.42. The van der Waals surface area contributed by atoms with Gasteiger partial charge in [0.1, 0.15) is 11.4 Å². The number of carbonyl (C=O) groups is 2. The van der Waals surface area contributed by atoms with Gasteiger partial charge in [-0.1, -0.05) is 48.5 Å². The van der Waals surface area contributed by atoms with Crippen LogP contribution in [0.25, 0.3) is 22.4 Å². The van der Waals surface area contributed by atoms with E-state index in [2.05, 4.69) is 20.9 Å². The number of amides is 2. The van der Waals surface area contributed by atoms with Crippen LogP contribution in [0.15, 0.2) is 70.3 Å². The number of methoxy groups -OCH3 is 1. The van der Waals surface area contributed by atoms with Gasteiger partial charge in [0.25, 0.3) is 11.5 Å². The quantitative estimate of drug-likeness (QED) is 0.297. The molecule has 2 aromatic carbocycles. The predicted molar refractivity (Wildman–Crippen MR) is 160 cm³/mol. The molecule has 0 saturated carbocycles. The maximum absolute atomic E-state index is 13.8. The zero-order valence-corrected chi connectivity index (χ0v) is 23.9. The number of nitrogens with zero attached hydrogens (tertiary/aromatic N) is 3. The van der Waals surface area contributed by atoms with Crippen molar-refractivity contribution >= 4 is 17.6 Å². The molecule has 5 rings (SSSR count). The molecule has 3 heterocycles. The van der Waals surface area contributed by atoms with Gasteiger partial charge in [-0.25, -0.2) is 4.79 Å². The van der Waals surface area contributed by atoms with E-state index in [4.69, 9.17) is 4.74 Å². The molecule has 1 saturated heterocycles. The van der Waals surface area contributed by atoms with Gasteiger partial charge in [-0.15, -0.1) is 0 Å². The fourth-order valence-electron chi connectivity index (χ4n) is 5.22. The smallest absolute Gasteiger partial charge is 0.330 e. The Kier molecular flexibility index (Phi) is 8.03. The van der Waals surface area contributed by atoms with E-state index >= 15 is 0 Å². The molecule has 0 radical (unpaired) electrons. The van der Waals surface area contributed by atoms with Crippen LogP contribution in [0.2, 0.25) is 0 Å². The minimum absolute atomic E-state index is 0.00144. The second-order valence-corrected chi connectivity index (χ2v) is 10.2. The van der Waals surface area contributed by atoms with E-state index in [1.165, 1.54) is 18.7 Å². The van der Waals surface area contributed by atoms with Crippen molar-refractivity contribution in [2.24, 2.45) is 14.1 Å². The molecule has 0 bridgehead atoms. The third kappa shape index (κ3) is 5.46. The van der Waals surface area contributed by atoms with Gasteiger partial charge in [0.2, 0.25) is 11.8 Å². The van der Waals surface area contributed by atoms with Crippen LogP contribution in [-0.4, -0.2) is 45.6 Å². The average molecular weight is 569 g/mol. The first-order valence-corrected chi connectivity index (χ1v) is 13.5. The fourth-order valence-corrected chi connectivity index (χ4v) is 5.22. The summed E-state index contributed by atoms with van der Waals surface area (Å²) < 4.78 is 7.69. The Bertz CT molecular complexity index is 1790. The topological polar surface area (TPSA) is 136 Å². The highest BCUT2D eigenvalue weighted by Gasteiger charge is 2.26. The molecule has 0 aliphatic carbocycles. The number of anilines is 1. The molecule has 3 N–H and O–H groups in total. The highest BCUT2D eigenvalue weighted by atomic mass is 16.5. The van der Waals surface area contributed by atoms with Crippen molar-refractivity contribution in [3.8, 4) is 28.3 Å². The van der Waals surface area contributed by atoms with Crippen molar-refractivity contribution in [2.75, 3.05) is 19.0 Å². The lowest BCUT2D eigenvalue weighted by atomic mass is 9.93. The molecule has 1 unspecified atom stereocenters. The van der Waals surface area contributed by atoms with Crippen LogP contribution in [0.1, 0.15) is 27.9 Å². The van der Waals surface area contributed by atoms with E-state index < -0.39 is 17.2 Å².